The van der Waals surface area contributed by atoms with Crippen molar-refractivity contribution in [1.82, 2.24) is 16.0 Å². The Hall–Kier alpha value is -3.43. The van der Waals surface area contributed by atoms with E-state index in [0.717, 1.165) is 11.1 Å². The number of methoxy groups -OCH3 is 1. The smallest absolute Gasteiger partial charge is 0.245 e. The van der Waals surface area contributed by atoms with Gasteiger partial charge in [0.15, 0.2) is 0 Å². The lowest BCUT2D eigenvalue weighted by Gasteiger charge is -2.29. The van der Waals surface area contributed by atoms with Gasteiger partial charge in [0.2, 0.25) is 17.7 Å². The molecule has 0 saturated carbocycles. The van der Waals surface area contributed by atoms with Gasteiger partial charge in [0, 0.05) is 12.5 Å². The number of nitrogens with one attached hydrogen (secondary N) is 3. The molecule has 38 heavy (non-hydrogen) atoms. The molecule has 0 aliphatic rings. The zero-order chi connectivity index (χ0) is 28.1. The first kappa shape index (κ1) is 30.8. The maximum atomic E-state index is 12.9. The van der Waals surface area contributed by atoms with Crippen molar-refractivity contribution < 1.29 is 29.3 Å². The number of ether oxygens (including phenoxy) is 1. The normalized spacial score (nSPS) is 14.2. The van der Waals surface area contributed by atoms with Crippen molar-refractivity contribution in [3.63, 3.8) is 0 Å². The number of carbonyl (C=O) groups is 3. The van der Waals surface area contributed by atoms with Gasteiger partial charge in [-0.25, -0.2) is 0 Å². The van der Waals surface area contributed by atoms with E-state index in [2.05, 4.69) is 16.0 Å². The Bertz CT molecular complexity index is 1010. The summed E-state index contributed by atoms with van der Waals surface area (Å²) < 4.78 is 5.11. The topological polar surface area (TPSA) is 137 Å². The molecule has 0 aliphatic heterocycles. The summed E-state index contributed by atoms with van der Waals surface area (Å²) in [7, 11) is 1.55. The fourth-order valence-electron chi connectivity index (χ4n) is 4.06. The minimum atomic E-state index is -1.17. The van der Waals surface area contributed by atoms with Crippen LogP contribution in [0, 0.1) is 11.8 Å². The molecule has 0 fully saturated rings. The van der Waals surface area contributed by atoms with Gasteiger partial charge in [0.05, 0.1) is 32.3 Å². The maximum absolute atomic E-state index is 12.9. The van der Waals surface area contributed by atoms with Crippen LogP contribution in [0.25, 0.3) is 0 Å². The number of aliphatic hydroxyl groups excluding tert-OH is 2. The first-order valence-electron chi connectivity index (χ1n) is 13.0. The SMILES string of the molecule is COc1ccc(CC(=O)N[C@@H](CO)C(=O)N[C@@H](CC(C)C)[C@@H](O)C[C@@H](C)C(=O)NCc2ccccc2)cc1. The highest BCUT2D eigenvalue weighted by Gasteiger charge is 2.29. The fraction of sp³-hybridized carbons (Fsp3) is 0.483. The van der Waals surface area contributed by atoms with Gasteiger partial charge >= 0.3 is 0 Å². The van der Waals surface area contributed by atoms with Crippen LogP contribution in [-0.4, -0.2) is 59.8 Å². The molecule has 4 atom stereocenters. The third kappa shape index (κ3) is 10.5. The van der Waals surface area contributed by atoms with Crippen molar-refractivity contribution in [1.29, 1.82) is 0 Å². The summed E-state index contributed by atoms with van der Waals surface area (Å²) in [5.74, 6) is -0.885. The highest BCUT2D eigenvalue weighted by Crippen LogP contribution is 2.16. The maximum Gasteiger partial charge on any atom is 0.245 e. The second kappa shape index (κ2) is 15.7. The predicted molar refractivity (Wildman–Crippen MR) is 145 cm³/mol. The molecule has 5 N–H and O–H groups in total. The Morgan fingerprint density at radius 1 is 0.868 bits per heavy atom. The minimum absolute atomic E-state index is 0.0292. The summed E-state index contributed by atoms with van der Waals surface area (Å²) in [6.07, 6.45) is -0.357. The van der Waals surface area contributed by atoms with E-state index in [1.165, 1.54) is 0 Å². The highest BCUT2D eigenvalue weighted by molar-refractivity contribution is 5.88. The summed E-state index contributed by atoms with van der Waals surface area (Å²) in [5.41, 5.74) is 1.70. The van der Waals surface area contributed by atoms with Gasteiger partial charge in [-0.15, -0.1) is 0 Å². The third-order valence-corrected chi connectivity index (χ3v) is 6.23. The lowest BCUT2D eigenvalue weighted by atomic mass is 9.92. The van der Waals surface area contributed by atoms with Crippen LogP contribution in [0.3, 0.4) is 0 Å². The summed E-state index contributed by atoms with van der Waals surface area (Å²) in [6, 6.07) is 14.7. The molecule has 9 nitrogen and oxygen atoms in total. The number of rotatable bonds is 15. The van der Waals surface area contributed by atoms with Crippen molar-refractivity contribution in [3.05, 3.63) is 65.7 Å². The van der Waals surface area contributed by atoms with Crippen molar-refractivity contribution in [2.24, 2.45) is 11.8 Å². The van der Waals surface area contributed by atoms with Gasteiger partial charge in [-0.1, -0.05) is 63.2 Å². The lowest BCUT2D eigenvalue weighted by Crippen LogP contribution is -2.54. The Labute approximate surface area is 225 Å². The van der Waals surface area contributed by atoms with E-state index in [-0.39, 0.29) is 24.7 Å². The van der Waals surface area contributed by atoms with Crippen molar-refractivity contribution in [2.45, 2.75) is 64.8 Å². The molecule has 0 bridgehead atoms. The second-order valence-electron chi connectivity index (χ2n) is 9.98. The second-order valence-corrected chi connectivity index (χ2v) is 9.98. The molecule has 0 heterocycles. The van der Waals surface area contributed by atoms with E-state index in [4.69, 9.17) is 4.74 Å². The Morgan fingerprint density at radius 2 is 1.53 bits per heavy atom. The predicted octanol–water partition coefficient (Wildman–Crippen LogP) is 1.95. The molecule has 0 aromatic heterocycles. The number of hydrogen-bond donors (Lipinski definition) is 5. The standard InChI is InChI=1S/C29H41N3O6/c1-19(2)14-24(26(34)15-20(3)28(36)30-17-22-8-6-5-7-9-22)32-29(37)25(18-33)31-27(35)16-21-10-12-23(38-4)13-11-21/h5-13,19-20,24-26,33-34H,14-18H2,1-4H3,(H,30,36)(H,31,35)(H,32,37)/t20-,24+,25+,26+/m1/s1. The fourth-order valence-corrected chi connectivity index (χ4v) is 4.06. The van der Waals surface area contributed by atoms with Crippen LogP contribution >= 0.6 is 0 Å². The van der Waals surface area contributed by atoms with E-state index < -0.39 is 42.5 Å². The van der Waals surface area contributed by atoms with Crippen LogP contribution in [0.5, 0.6) is 5.75 Å². The van der Waals surface area contributed by atoms with E-state index in [9.17, 15) is 24.6 Å². The zero-order valence-electron chi connectivity index (χ0n) is 22.6. The monoisotopic (exact) mass is 527 g/mol. The molecule has 2 rings (SSSR count). The van der Waals surface area contributed by atoms with Crippen molar-refractivity contribution in [3.8, 4) is 5.75 Å². The number of benzene rings is 2. The summed E-state index contributed by atoms with van der Waals surface area (Å²) >= 11 is 0. The van der Waals surface area contributed by atoms with Crippen LogP contribution < -0.4 is 20.7 Å². The molecular weight excluding hydrogens is 486 g/mol. The zero-order valence-corrected chi connectivity index (χ0v) is 22.6. The van der Waals surface area contributed by atoms with Gasteiger partial charge in [0.1, 0.15) is 11.8 Å². The Kier molecular flexibility index (Phi) is 12.8. The number of aliphatic hydroxyl groups is 2. The number of amides is 3. The van der Waals surface area contributed by atoms with Gasteiger partial charge in [-0.2, -0.15) is 0 Å². The van der Waals surface area contributed by atoms with Crippen LogP contribution in [0.15, 0.2) is 54.6 Å². The quantitative estimate of drug-likeness (QED) is 0.240. The number of hydrogen-bond acceptors (Lipinski definition) is 6. The van der Waals surface area contributed by atoms with E-state index in [1.54, 1.807) is 38.3 Å². The molecule has 2 aromatic rings. The molecule has 3 amide bonds. The average Bonchev–Trinajstić information content (AvgIpc) is 2.90. The third-order valence-electron chi connectivity index (χ3n) is 6.23. The molecule has 0 aliphatic carbocycles. The molecule has 2 aromatic carbocycles. The molecular formula is C29H41N3O6. The van der Waals surface area contributed by atoms with Gasteiger partial charge < -0.3 is 30.9 Å². The number of carbonyl (C=O) groups excluding carboxylic acids is 3. The average molecular weight is 528 g/mol. The van der Waals surface area contributed by atoms with Crippen LogP contribution in [0.1, 0.15) is 44.7 Å². The van der Waals surface area contributed by atoms with E-state index in [1.807, 2.05) is 44.2 Å². The molecule has 0 unspecified atom stereocenters. The Morgan fingerprint density at radius 3 is 2.11 bits per heavy atom. The first-order chi connectivity index (χ1) is 18.1. The molecule has 0 saturated heterocycles. The summed E-state index contributed by atoms with van der Waals surface area (Å²) in [5, 5.41) is 28.9. The Balaban J connectivity index is 1.93. The van der Waals surface area contributed by atoms with E-state index >= 15 is 0 Å². The molecule has 9 heteroatoms. The van der Waals surface area contributed by atoms with Crippen molar-refractivity contribution >= 4 is 17.7 Å². The van der Waals surface area contributed by atoms with Crippen molar-refractivity contribution in [2.75, 3.05) is 13.7 Å². The first-order valence-corrected chi connectivity index (χ1v) is 13.0. The summed E-state index contributed by atoms with van der Waals surface area (Å²) in [6.45, 7) is 5.45. The molecule has 208 valence electrons. The van der Waals surface area contributed by atoms with Crippen LogP contribution in [-0.2, 0) is 27.3 Å². The lowest BCUT2D eigenvalue weighted by molar-refractivity contribution is -0.131. The van der Waals surface area contributed by atoms with Gasteiger partial charge in [-0.05, 0) is 42.0 Å². The van der Waals surface area contributed by atoms with Gasteiger partial charge in [-0.3, -0.25) is 14.4 Å². The largest absolute Gasteiger partial charge is 0.497 e. The minimum Gasteiger partial charge on any atom is -0.497 e. The molecule has 0 radical (unpaired) electrons. The van der Waals surface area contributed by atoms with E-state index in [0.29, 0.717) is 18.7 Å². The van der Waals surface area contributed by atoms with Gasteiger partial charge in [0.25, 0.3) is 0 Å². The summed E-state index contributed by atoms with van der Waals surface area (Å²) in [4.78, 5) is 38.0. The van der Waals surface area contributed by atoms with Crippen LogP contribution in [0.4, 0.5) is 0 Å². The highest BCUT2D eigenvalue weighted by atomic mass is 16.5. The van der Waals surface area contributed by atoms with Crippen LogP contribution in [0.2, 0.25) is 0 Å². The molecule has 0 spiro atoms.